The van der Waals surface area contributed by atoms with E-state index < -0.39 is 27.5 Å². The lowest BCUT2D eigenvalue weighted by Gasteiger charge is -2.09. The van der Waals surface area contributed by atoms with E-state index in [1.165, 1.54) is 30.1 Å². The van der Waals surface area contributed by atoms with Gasteiger partial charge in [0, 0.05) is 12.2 Å². The predicted octanol–water partition coefficient (Wildman–Crippen LogP) is 1.63. The van der Waals surface area contributed by atoms with Gasteiger partial charge in [0.1, 0.15) is 21.3 Å². The van der Waals surface area contributed by atoms with Gasteiger partial charge in [0.05, 0.1) is 23.8 Å². The van der Waals surface area contributed by atoms with Crippen molar-refractivity contribution >= 4 is 21.4 Å². The maximum atomic E-state index is 13.6. The Kier molecular flexibility index (Phi) is 4.60. The second kappa shape index (κ2) is 6.27. The molecule has 8 heteroatoms. The largest absolute Gasteiger partial charge is 0.323 e. The molecule has 118 valence electrons. The second-order valence-electron chi connectivity index (χ2n) is 5.11. The smallest absolute Gasteiger partial charge is 0.228 e. The van der Waals surface area contributed by atoms with Crippen molar-refractivity contribution in [2.75, 3.05) is 17.3 Å². The first-order valence-corrected chi connectivity index (χ1v) is 8.60. The van der Waals surface area contributed by atoms with Crippen molar-refractivity contribution in [2.24, 2.45) is 5.92 Å². The fourth-order valence-electron chi connectivity index (χ4n) is 1.95. The summed E-state index contributed by atoms with van der Waals surface area (Å²) in [5, 5.41) is 6.54. The van der Waals surface area contributed by atoms with Gasteiger partial charge in [-0.15, -0.1) is 0 Å². The van der Waals surface area contributed by atoms with Gasteiger partial charge in [-0.25, -0.2) is 17.5 Å². The SMILES string of the molecule is C[C@H](CS(C)(=O)=O)C(=O)Nc1cnn(-c2ccccc2F)c1. The van der Waals surface area contributed by atoms with Crippen LogP contribution >= 0.6 is 0 Å². The van der Waals surface area contributed by atoms with E-state index >= 15 is 0 Å². The summed E-state index contributed by atoms with van der Waals surface area (Å²) in [4.78, 5) is 11.9. The van der Waals surface area contributed by atoms with E-state index in [4.69, 9.17) is 0 Å². The molecule has 0 saturated carbocycles. The van der Waals surface area contributed by atoms with E-state index in [1.54, 1.807) is 18.2 Å². The van der Waals surface area contributed by atoms with Crippen molar-refractivity contribution in [1.82, 2.24) is 9.78 Å². The number of amides is 1. The van der Waals surface area contributed by atoms with Crippen LogP contribution in [0.5, 0.6) is 0 Å². The minimum absolute atomic E-state index is 0.236. The van der Waals surface area contributed by atoms with Crippen LogP contribution in [0.2, 0.25) is 0 Å². The van der Waals surface area contributed by atoms with Crippen LogP contribution in [0.4, 0.5) is 10.1 Å². The molecule has 0 aliphatic carbocycles. The van der Waals surface area contributed by atoms with Gasteiger partial charge in [-0.3, -0.25) is 4.79 Å². The molecular weight excluding hydrogens is 309 g/mol. The van der Waals surface area contributed by atoms with E-state index in [-0.39, 0.29) is 11.4 Å². The van der Waals surface area contributed by atoms with Crippen molar-refractivity contribution in [3.8, 4) is 5.69 Å². The highest BCUT2D eigenvalue weighted by molar-refractivity contribution is 7.90. The van der Waals surface area contributed by atoms with E-state index in [2.05, 4.69) is 10.4 Å². The number of benzene rings is 1. The van der Waals surface area contributed by atoms with Crippen molar-refractivity contribution in [3.05, 3.63) is 42.5 Å². The molecule has 0 aliphatic rings. The molecule has 1 amide bonds. The summed E-state index contributed by atoms with van der Waals surface area (Å²) >= 11 is 0. The molecule has 0 radical (unpaired) electrons. The normalized spacial score (nSPS) is 12.9. The fourth-order valence-corrected chi connectivity index (χ4v) is 3.01. The number of carbonyl (C=O) groups excluding carboxylic acids is 1. The molecule has 0 spiro atoms. The van der Waals surface area contributed by atoms with Gasteiger partial charge >= 0.3 is 0 Å². The molecule has 22 heavy (non-hydrogen) atoms. The molecule has 0 unspecified atom stereocenters. The number of hydrogen-bond acceptors (Lipinski definition) is 4. The Balaban J connectivity index is 2.10. The molecule has 2 aromatic rings. The molecular formula is C14H16FN3O3S. The number of para-hydroxylation sites is 1. The topological polar surface area (TPSA) is 81.1 Å². The van der Waals surface area contributed by atoms with Crippen molar-refractivity contribution in [3.63, 3.8) is 0 Å². The van der Waals surface area contributed by atoms with E-state index in [0.29, 0.717) is 5.69 Å². The van der Waals surface area contributed by atoms with E-state index in [1.807, 2.05) is 0 Å². The van der Waals surface area contributed by atoms with Crippen LogP contribution in [0.15, 0.2) is 36.7 Å². The van der Waals surface area contributed by atoms with Crippen LogP contribution < -0.4 is 5.32 Å². The minimum atomic E-state index is -3.24. The third kappa shape index (κ3) is 4.14. The molecule has 1 heterocycles. The van der Waals surface area contributed by atoms with E-state index in [9.17, 15) is 17.6 Å². The Bertz CT molecular complexity index is 786. The Morgan fingerprint density at radius 1 is 1.41 bits per heavy atom. The Morgan fingerprint density at radius 3 is 2.73 bits per heavy atom. The molecule has 0 aliphatic heterocycles. The van der Waals surface area contributed by atoms with Crippen molar-refractivity contribution in [2.45, 2.75) is 6.92 Å². The number of hydrogen-bond donors (Lipinski definition) is 1. The van der Waals surface area contributed by atoms with Crippen molar-refractivity contribution < 1.29 is 17.6 Å². The summed E-state index contributed by atoms with van der Waals surface area (Å²) in [5.41, 5.74) is 0.626. The van der Waals surface area contributed by atoms with Gasteiger partial charge in [-0.05, 0) is 12.1 Å². The molecule has 1 N–H and O–H groups in total. The zero-order chi connectivity index (χ0) is 16.3. The first-order chi connectivity index (χ1) is 10.3. The van der Waals surface area contributed by atoms with Crippen LogP contribution in [-0.4, -0.2) is 36.1 Å². The quantitative estimate of drug-likeness (QED) is 0.906. The summed E-state index contributed by atoms with van der Waals surface area (Å²) in [6, 6.07) is 6.11. The molecule has 1 atom stereocenters. The van der Waals surface area contributed by atoms with Crippen LogP contribution in [-0.2, 0) is 14.6 Å². The minimum Gasteiger partial charge on any atom is -0.323 e. The number of nitrogens with zero attached hydrogens (tertiary/aromatic N) is 2. The van der Waals surface area contributed by atoms with Crippen LogP contribution in [0.25, 0.3) is 5.69 Å². The lowest BCUT2D eigenvalue weighted by Crippen LogP contribution is -2.26. The fraction of sp³-hybridized carbons (Fsp3) is 0.286. The third-order valence-electron chi connectivity index (χ3n) is 2.95. The number of nitrogens with one attached hydrogen (secondary N) is 1. The average molecular weight is 325 g/mol. The number of carbonyl (C=O) groups is 1. The molecule has 2 rings (SSSR count). The zero-order valence-corrected chi connectivity index (χ0v) is 13.0. The lowest BCUT2D eigenvalue weighted by atomic mass is 10.2. The summed E-state index contributed by atoms with van der Waals surface area (Å²) < 4.78 is 37.3. The highest BCUT2D eigenvalue weighted by Crippen LogP contribution is 2.15. The van der Waals surface area contributed by atoms with Gasteiger partial charge < -0.3 is 5.32 Å². The van der Waals surface area contributed by atoms with Crippen LogP contribution in [0.3, 0.4) is 0 Å². The number of anilines is 1. The second-order valence-corrected chi connectivity index (χ2v) is 7.29. The van der Waals surface area contributed by atoms with Gasteiger partial charge in [-0.2, -0.15) is 5.10 Å². The summed E-state index contributed by atoms with van der Waals surface area (Å²) in [6.07, 6.45) is 3.91. The number of rotatable bonds is 5. The van der Waals surface area contributed by atoms with Gasteiger partial charge in [0.2, 0.25) is 5.91 Å². The van der Waals surface area contributed by atoms with Crippen molar-refractivity contribution in [1.29, 1.82) is 0 Å². The van der Waals surface area contributed by atoms with Gasteiger partial charge in [0.15, 0.2) is 0 Å². The Morgan fingerprint density at radius 2 is 2.09 bits per heavy atom. The monoisotopic (exact) mass is 325 g/mol. The highest BCUT2D eigenvalue weighted by atomic mass is 32.2. The molecule has 0 saturated heterocycles. The zero-order valence-electron chi connectivity index (χ0n) is 12.2. The van der Waals surface area contributed by atoms with Gasteiger partial charge in [0.25, 0.3) is 0 Å². The Labute approximate surface area is 127 Å². The Hall–Kier alpha value is -2.22. The van der Waals surface area contributed by atoms with Crippen LogP contribution in [0.1, 0.15) is 6.92 Å². The maximum absolute atomic E-state index is 13.6. The first-order valence-electron chi connectivity index (χ1n) is 6.54. The summed E-state index contributed by atoms with van der Waals surface area (Å²) in [5.74, 6) is -1.79. The number of aromatic nitrogens is 2. The lowest BCUT2D eigenvalue weighted by molar-refractivity contribution is -0.118. The first kappa shape index (κ1) is 16.2. The maximum Gasteiger partial charge on any atom is 0.228 e. The molecule has 1 aromatic heterocycles. The molecule has 1 aromatic carbocycles. The number of halogens is 1. The van der Waals surface area contributed by atoms with Crippen LogP contribution in [0, 0.1) is 11.7 Å². The summed E-state index contributed by atoms with van der Waals surface area (Å²) in [7, 11) is -3.24. The molecule has 6 nitrogen and oxygen atoms in total. The third-order valence-corrected chi connectivity index (χ3v) is 4.06. The molecule has 0 bridgehead atoms. The molecule has 0 fully saturated rings. The standard InChI is InChI=1S/C14H16FN3O3S/c1-10(9-22(2,20)21)14(19)17-11-7-16-18(8-11)13-6-4-3-5-12(13)15/h3-8,10H,9H2,1-2H3,(H,17,19)/t10-/m1/s1. The van der Waals surface area contributed by atoms with E-state index in [0.717, 1.165) is 6.26 Å². The average Bonchev–Trinajstić information content (AvgIpc) is 2.85. The predicted molar refractivity (Wildman–Crippen MR) is 81.0 cm³/mol. The number of sulfone groups is 1. The summed E-state index contributed by atoms with van der Waals surface area (Å²) in [6.45, 7) is 1.53. The highest BCUT2D eigenvalue weighted by Gasteiger charge is 2.19. The van der Waals surface area contributed by atoms with Gasteiger partial charge in [-0.1, -0.05) is 19.1 Å².